The first kappa shape index (κ1) is 11.6. The Morgan fingerprint density at radius 3 is 2.73 bits per heavy atom. The van der Waals surface area contributed by atoms with Crippen molar-refractivity contribution in [3.63, 3.8) is 0 Å². The van der Waals surface area contributed by atoms with Crippen molar-refractivity contribution in [2.24, 2.45) is 5.92 Å². The summed E-state index contributed by atoms with van der Waals surface area (Å²) in [5.41, 5.74) is 0. The molecule has 0 aromatic heterocycles. The molecule has 2 fully saturated rings. The lowest BCUT2D eigenvalue weighted by molar-refractivity contribution is -0.0330. The second kappa shape index (κ2) is 5.00. The summed E-state index contributed by atoms with van der Waals surface area (Å²) in [5.74, 6) is 0.619. The fraction of sp³-hybridized carbons (Fsp3) is 1.00. The van der Waals surface area contributed by atoms with E-state index in [0.29, 0.717) is 17.4 Å². The molecule has 2 saturated heterocycles. The number of morpholine rings is 1. The number of rotatable bonds is 2. The van der Waals surface area contributed by atoms with E-state index in [1.807, 2.05) is 0 Å². The maximum Gasteiger partial charge on any atom is 0.0829 e. The predicted octanol–water partition coefficient (Wildman–Crippen LogP) is 0.876. The molecule has 2 heterocycles. The van der Waals surface area contributed by atoms with Gasteiger partial charge in [-0.25, -0.2) is 0 Å². The molecule has 0 saturated carbocycles. The van der Waals surface area contributed by atoms with Gasteiger partial charge >= 0.3 is 0 Å². The summed E-state index contributed by atoms with van der Waals surface area (Å²) in [6.07, 6.45) is 0.373. The standard InChI is InChI=1S/C11H21ClN2O/c1-9-5-14(8-11(9)12)7-10-6-13(2)3-4-15-10/h9-11H,3-8H2,1-2H3. The van der Waals surface area contributed by atoms with Crippen LogP contribution in [0.4, 0.5) is 0 Å². The third kappa shape index (κ3) is 3.06. The van der Waals surface area contributed by atoms with Crippen molar-refractivity contribution in [3.8, 4) is 0 Å². The molecule has 0 aliphatic carbocycles. The molecule has 0 bridgehead atoms. The van der Waals surface area contributed by atoms with Gasteiger partial charge in [-0.05, 0) is 13.0 Å². The van der Waals surface area contributed by atoms with Gasteiger partial charge in [0, 0.05) is 32.7 Å². The monoisotopic (exact) mass is 232 g/mol. The van der Waals surface area contributed by atoms with Gasteiger partial charge < -0.3 is 9.64 Å². The van der Waals surface area contributed by atoms with E-state index < -0.39 is 0 Å². The number of likely N-dealkylation sites (tertiary alicyclic amines) is 1. The first-order chi connectivity index (χ1) is 7.15. The Morgan fingerprint density at radius 2 is 2.13 bits per heavy atom. The van der Waals surface area contributed by atoms with E-state index in [2.05, 4.69) is 23.8 Å². The highest BCUT2D eigenvalue weighted by Gasteiger charge is 2.30. The molecule has 2 aliphatic heterocycles. The van der Waals surface area contributed by atoms with Crippen molar-refractivity contribution in [1.29, 1.82) is 0 Å². The lowest BCUT2D eigenvalue weighted by atomic mass is 10.1. The van der Waals surface area contributed by atoms with Crippen molar-refractivity contribution in [1.82, 2.24) is 9.80 Å². The van der Waals surface area contributed by atoms with Gasteiger partial charge in [0.15, 0.2) is 0 Å². The second-order valence-electron chi connectivity index (χ2n) is 4.97. The second-order valence-corrected chi connectivity index (χ2v) is 5.53. The van der Waals surface area contributed by atoms with Gasteiger partial charge in [0.05, 0.1) is 18.1 Å². The zero-order valence-corrected chi connectivity index (χ0v) is 10.4. The maximum atomic E-state index is 6.21. The van der Waals surface area contributed by atoms with Crippen molar-refractivity contribution < 1.29 is 4.74 Å². The highest BCUT2D eigenvalue weighted by Crippen LogP contribution is 2.22. The lowest BCUT2D eigenvalue weighted by Gasteiger charge is -2.32. The van der Waals surface area contributed by atoms with Gasteiger partial charge in [-0.1, -0.05) is 6.92 Å². The fourth-order valence-corrected chi connectivity index (χ4v) is 2.71. The Hall–Kier alpha value is 0.170. The number of hydrogen-bond acceptors (Lipinski definition) is 3. The van der Waals surface area contributed by atoms with E-state index in [4.69, 9.17) is 16.3 Å². The normalized spacial score (nSPS) is 39.8. The van der Waals surface area contributed by atoms with Gasteiger partial charge in [-0.3, -0.25) is 4.90 Å². The van der Waals surface area contributed by atoms with E-state index in [-0.39, 0.29) is 0 Å². The van der Waals surface area contributed by atoms with Crippen LogP contribution in [-0.4, -0.2) is 67.7 Å². The van der Waals surface area contributed by atoms with E-state index in [0.717, 1.165) is 39.3 Å². The summed E-state index contributed by atoms with van der Waals surface area (Å²) in [5, 5.41) is 0.325. The van der Waals surface area contributed by atoms with E-state index in [9.17, 15) is 0 Å². The van der Waals surface area contributed by atoms with Crippen LogP contribution in [0.3, 0.4) is 0 Å². The quantitative estimate of drug-likeness (QED) is 0.658. The molecule has 0 radical (unpaired) electrons. The summed E-state index contributed by atoms with van der Waals surface area (Å²) >= 11 is 6.21. The number of nitrogens with zero attached hydrogens (tertiary/aromatic N) is 2. The minimum absolute atomic E-state index is 0.325. The molecule has 2 rings (SSSR count). The minimum Gasteiger partial charge on any atom is -0.374 e. The number of likely N-dealkylation sites (N-methyl/N-ethyl adjacent to an activating group) is 1. The smallest absolute Gasteiger partial charge is 0.0829 e. The Bertz CT molecular complexity index is 202. The number of ether oxygens (including phenoxy) is 1. The van der Waals surface area contributed by atoms with Gasteiger partial charge in [0.1, 0.15) is 0 Å². The van der Waals surface area contributed by atoms with Crippen molar-refractivity contribution in [3.05, 3.63) is 0 Å². The average molecular weight is 233 g/mol. The zero-order valence-electron chi connectivity index (χ0n) is 9.66. The number of hydrogen-bond donors (Lipinski definition) is 0. The van der Waals surface area contributed by atoms with Gasteiger partial charge in [-0.2, -0.15) is 0 Å². The third-order valence-electron chi connectivity index (χ3n) is 3.40. The Morgan fingerprint density at radius 1 is 1.33 bits per heavy atom. The van der Waals surface area contributed by atoms with Crippen LogP contribution in [0.1, 0.15) is 6.92 Å². The maximum absolute atomic E-state index is 6.21. The molecule has 3 nitrogen and oxygen atoms in total. The highest BCUT2D eigenvalue weighted by atomic mass is 35.5. The Balaban J connectivity index is 1.77. The van der Waals surface area contributed by atoms with Crippen LogP contribution in [0.25, 0.3) is 0 Å². The summed E-state index contributed by atoms with van der Waals surface area (Å²) in [6, 6.07) is 0. The molecule has 2 aliphatic rings. The van der Waals surface area contributed by atoms with Gasteiger partial charge in [-0.15, -0.1) is 11.6 Å². The predicted molar refractivity (Wildman–Crippen MR) is 62.5 cm³/mol. The molecule has 0 N–H and O–H groups in total. The van der Waals surface area contributed by atoms with Crippen LogP contribution in [0.2, 0.25) is 0 Å². The first-order valence-corrected chi connectivity index (χ1v) is 6.25. The average Bonchev–Trinajstić information content (AvgIpc) is 2.45. The zero-order chi connectivity index (χ0) is 10.8. The van der Waals surface area contributed by atoms with Crippen molar-refractivity contribution in [2.45, 2.75) is 18.4 Å². The molecule has 4 heteroatoms. The van der Waals surface area contributed by atoms with E-state index in [1.54, 1.807) is 0 Å². The molecule has 0 aromatic carbocycles. The van der Waals surface area contributed by atoms with Crippen LogP contribution < -0.4 is 0 Å². The summed E-state index contributed by atoms with van der Waals surface area (Å²) in [7, 11) is 2.16. The molecular weight excluding hydrogens is 212 g/mol. The van der Waals surface area contributed by atoms with Gasteiger partial charge in [0.2, 0.25) is 0 Å². The fourth-order valence-electron chi connectivity index (χ4n) is 2.44. The number of halogens is 1. The van der Waals surface area contributed by atoms with Crippen LogP contribution in [0, 0.1) is 5.92 Å². The molecule has 88 valence electrons. The van der Waals surface area contributed by atoms with E-state index in [1.165, 1.54) is 0 Å². The van der Waals surface area contributed by atoms with E-state index >= 15 is 0 Å². The minimum atomic E-state index is 0.325. The molecule has 0 aromatic rings. The van der Waals surface area contributed by atoms with Gasteiger partial charge in [0.25, 0.3) is 0 Å². The molecule has 0 amide bonds. The first-order valence-electron chi connectivity index (χ1n) is 5.81. The lowest BCUT2D eigenvalue weighted by Crippen LogP contribution is -2.45. The Kier molecular flexibility index (Phi) is 3.88. The Labute approximate surface area is 97.3 Å². The van der Waals surface area contributed by atoms with Crippen molar-refractivity contribution >= 4 is 11.6 Å². The molecule has 15 heavy (non-hydrogen) atoms. The summed E-state index contributed by atoms with van der Waals surface area (Å²) < 4.78 is 5.75. The SMILES string of the molecule is CC1CN(CC2CN(C)CCO2)CC1Cl. The van der Waals surface area contributed by atoms with Crippen LogP contribution in [0.15, 0.2) is 0 Å². The molecule has 3 unspecified atom stereocenters. The third-order valence-corrected chi connectivity index (χ3v) is 3.97. The highest BCUT2D eigenvalue weighted by molar-refractivity contribution is 6.21. The summed E-state index contributed by atoms with van der Waals surface area (Å²) in [4.78, 5) is 4.78. The van der Waals surface area contributed by atoms with Crippen LogP contribution in [-0.2, 0) is 4.74 Å². The van der Waals surface area contributed by atoms with Crippen molar-refractivity contribution in [2.75, 3.05) is 46.4 Å². The topological polar surface area (TPSA) is 15.7 Å². The molecule has 0 spiro atoms. The van der Waals surface area contributed by atoms with Crippen LogP contribution in [0.5, 0.6) is 0 Å². The van der Waals surface area contributed by atoms with Crippen LogP contribution >= 0.6 is 11.6 Å². The number of alkyl halides is 1. The summed E-state index contributed by atoms with van der Waals surface area (Å²) in [6.45, 7) is 8.39. The largest absolute Gasteiger partial charge is 0.374 e. The molecular formula is C11H21ClN2O. The molecule has 3 atom stereocenters.